The van der Waals surface area contributed by atoms with Gasteiger partial charge in [-0.1, -0.05) is 12.1 Å². The number of hydrogen-bond acceptors (Lipinski definition) is 3. The molecule has 1 aromatic rings. The molecule has 2 rings (SSSR count). The van der Waals surface area contributed by atoms with Crippen LogP contribution >= 0.6 is 0 Å². The molecule has 146 valence electrons. The fourth-order valence-corrected chi connectivity index (χ4v) is 3.89. The molecule has 0 bridgehead atoms. The summed E-state index contributed by atoms with van der Waals surface area (Å²) in [7, 11) is -3.38. The van der Waals surface area contributed by atoms with Crippen molar-refractivity contribution in [2.75, 3.05) is 5.32 Å². The summed E-state index contributed by atoms with van der Waals surface area (Å²) in [6.07, 6.45) is -2.75. The molecule has 1 fully saturated rings. The van der Waals surface area contributed by atoms with Crippen LogP contribution in [-0.2, 0) is 21.0 Å². The molecule has 0 radical (unpaired) electrons. The van der Waals surface area contributed by atoms with Crippen molar-refractivity contribution in [1.82, 2.24) is 4.72 Å². The fraction of sp³-hybridized carbons (Fsp3) is 0.588. The number of nitrogens with one attached hydrogen (secondary N) is 2. The van der Waals surface area contributed by atoms with Gasteiger partial charge in [0, 0.05) is 12.0 Å². The van der Waals surface area contributed by atoms with Crippen LogP contribution in [0, 0.1) is 5.92 Å². The molecule has 26 heavy (non-hydrogen) atoms. The second-order valence-corrected chi connectivity index (χ2v) is 9.06. The van der Waals surface area contributed by atoms with Gasteiger partial charge in [0.1, 0.15) is 0 Å². The van der Waals surface area contributed by atoms with Crippen molar-refractivity contribution in [2.45, 2.75) is 57.0 Å². The second kappa shape index (κ2) is 7.96. The molecule has 0 aromatic heterocycles. The van der Waals surface area contributed by atoms with Crippen molar-refractivity contribution in [1.29, 1.82) is 0 Å². The summed E-state index contributed by atoms with van der Waals surface area (Å²) in [6, 6.07) is 4.61. The molecule has 0 aliphatic heterocycles. The lowest BCUT2D eigenvalue weighted by Crippen LogP contribution is -2.42. The molecule has 5 nitrogen and oxygen atoms in total. The number of benzene rings is 1. The van der Waals surface area contributed by atoms with E-state index in [4.69, 9.17) is 0 Å². The lowest BCUT2D eigenvalue weighted by Gasteiger charge is -2.29. The van der Waals surface area contributed by atoms with Crippen LogP contribution in [0.2, 0.25) is 0 Å². The standard InChI is InChI=1S/C17H23F3N2O3S/c1-11(2)26(24,25)22-13-9-7-12(8-10-13)16(23)21-15-6-4-3-5-14(15)17(18,19)20/h3-6,11-13,22H,7-10H2,1-2H3,(H,21,23)/t12-,13-. The third-order valence-electron chi connectivity index (χ3n) is 4.54. The average molecular weight is 392 g/mol. The van der Waals surface area contributed by atoms with Gasteiger partial charge in [-0.05, 0) is 51.7 Å². The number of rotatable bonds is 5. The smallest absolute Gasteiger partial charge is 0.325 e. The summed E-state index contributed by atoms with van der Waals surface area (Å²) in [5.74, 6) is -0.900. The Morgan fingerprint density at radius 3 is 2.23 bits per heavy atom. The largest absolute Gasteiger partial charge is 0.418 e. The van der Waals surface area contributed by atoms with Gasteiger partial charge in [-0.15, -0.1) is 0 Å². The quantitative estimate of drug-likeness (QED) is 0.805. The lowest BCUT2D eigenvalue weighted by atomic mass is 9.86. The van der Waals surface area contributed by atoms with Crippen LogP contribution in [0.1, 0.15) is 45.1 Å². The van der Waals surface area contributed by atoms with Gasteiger partial charge in [0.05, 0.1) is 16.5 Å². The third kappa shape index (κ3) is 5.20. The van der Waals surface area contributed by atoms with Crippen LogP contribution in [0.4, 0.5) is 18.9 Å². The Hall–Kier alpha value is -1.61. The number of hydrogen-bond donors (Lipinski definition) is 2. The van der Waals surface area contributed by atoms with Crippen molar-refractivity contribution in [3.63, 3.8) is 0 Å². The van der Waals surface area contributed by atoms with E-state index in [-0.39, 0.29) is 11.7 Å². The number of anilines is 1. The van der Waals surface area contributed by atoms with E-state index in [0.717, 1.165) is 6.07 Å². The van der Waals surface area contributed by atoms with Crippen molar-refractivity contribution < 1.29 is 26.4 Å². The molecule has 1 amide bonds. The van der Waals surface area contributed by atoms with Gasteiger partial charge < -0.3 is 5.32 Å². The zero-order chi connectivity index (χ0) is 19.5. The van der Waals surface area contributed by atoms with Crippen LogP contribution in [0.15, 0.2) is 24.3 Å². The molecule has 0 atom stereocenters. The molecule has 9 heteroatoms. The van der Waals surface area contributed by atoms with Crippen LogP contribution in [-0.4, -0.2) is 25.6 Å². The number of halogens is 3. The van der Waals surface area contributed by atoms with Gasteiger partial charge in [-0.2, -0.15) is 13.2 Å². The monoisotopic (exact) mass is 392 g/mol. The van der Waals surface area contributed by atoms with E-state index in [0.29, 0.717) is 25.7 Å². The summed E-state index contributed by atoms with van der Waals surface area (Å²) < 4.78 is 65.4. The number of alkyl halides is 3. The number of para-hydroxylation sites is 1. The average Bonchev–Trinajstić information content (AvgIpc) is 2.54. The van der Waals surface area contributed by atoms with E-state index < -0.39 is 38.8 Å². The molecule has 1 aliphatic rings. The first-order valence-corrected chi connectivity index (χ1v) is 10.0. The Morgan fingerprint density at radius 1 is 1.12 bits per heavy atom. The van der Waals surface area contributed by atoms with Crippen molar-refractivity contribution in [3.05, 3.63) is 29.8 Å². The number of carbonyl (C=O) groups is 1. The minimum absolute atomic E-state index is 0.242. The highest BCUT2D eigenvalue weighted by molar-refractivity contribution is 7.90. The molecule has 1 aliphatic carbocycles. The van der Waals surface area contributed by atoms with E-state index in [9.17, 15) is 26.4 Å². The molecule has 2 N–H and O–H groups in total. The summed E-state index contributed by atoms with van der Waals surface area (Å²) in [5, 5.41) is 1.83. The molecular formula is C17H23F3N2O3S. The van der Waals surface area contributed by atoms with Crippen LogP contribution in [0.5, 0.6) is 0 Å². The molecule has 0 heterocycles. The molecule has 1 aromatic carbocycles. The van der Waals surface area contributed by atoms with Crippen LogP contribution in [0.3, 0.4) is 0 Å². The third-order valence-corrected chi connectivity index (χ3v) is 6.44. The second-order valence-electron chi connectivity index (χ2n) is 6.79. The van der Waals surface area contributed by atoms with Crippen LogP contribution in [0.25, 0.3) is 0 Å². The summed E-state index contributed by atoms with van der Waals surface area (Å²) in [4.78, 5) is 12.3. The number of sulfonamides is 1. The maximum atomic E-state index is 13.0. The van der Waals surface area contributed by atoms with Gasteiger partial charge >= 0.3 is 6.18 Å². The Morgan fingerprint density at radius 2 is 1.69 bits per heavy atom. The first-order valence-electron chi connectivity index (χ1n) is 8.49. The van der Waals surface area contributed by atoms with Gasteiger partial charge in [-0.3, -0.25) is 4.79 Å². The summed E-state index contributed by atoms with van der Waals surface area (Å²) in [5.41, 5.74) is -1.14. The summed E-state index contributed by atoms with van der Waals surface area (Å²) in [6.45, 7) is 3.17. The van der Waals surface area contributed by atoms with E-state index in [2.05, 4.69) is 10.0 Å². The topological polar surface area (TPSA) is 75.3 Å². The predicted molar refractivity (Wildman–Crippen MR) is 93.0 cm³/mol. The Balaban J connectivity index is 1.96. The highest BCUT2D eigenvalue weighted by Gasteiger charge is 2.35. The first kappa shape index (κ1) is 20.7. The minimum atomic E-state index is -4.54. The van der Waals surface area contributed by atoms with Gasteiger partial charge in [0.15, 0.2) is 0 Å². The maximum absolute atomic E-state index is 13.0. The van der Waals surface area contributed by atoms with E-state index in [1.165, 1.54) is 18.2 Å². The summed E-state index contributed by atoms with van der Waals surface area (Å²) >= 11 is 0. The Labute approximate surface area is 151 Å². The highest BCUT2D eigenvalue weighted by atomic mass is 32.2. The molecule has 1 saturated carbocycles. The predicted octanol–water partition coefficient (Wildman–Crippen LogP) is 3.53. The Kier molecular flexibility index (Phi) is 6.33. The SMILES string of the molecule is CC(C)S(=O)(=O)N[C@H]1CC[C@H](C(=O)Nc2ccccc2C(F)(F)F)CC1. The maximum Gasteiger partial charge on any atom is 0.418 e. The van der Waals surface area contributed by atoms with Crippen LogP contribution < -0.4 is 10.0 Å². The van der Waals surface area contributed by atoms with E-state index in [1.54, 1.807) is 13.8 Å². The molecule has 0 unspecified atom stereocenters. The van der Waals surface area contributed by atoms with Crippen molar-refractivity contribution in [3.8, 4) is 0 Å². The van der Waals surface area contributed by atoms with Crippen molar-refractivity contribution >= 4 is 21.6 Å². The van der Waals surface area contributed by atoms with Crippen molar-refractivity contribution in [2.24, 2.45) is 5.92 Å². The normalized spacial score (nSPS) is 21.6. The molecule has 0 spiro atoms. The highest BCUT2D eigenvalue weighted by Crippen LogP contribution is 2.35. The van der Waals surface area contributed by atoms with Gasteiger partial charge in [-0.25, -0.2) is 13.1 Å². The van der Waals surface area contributed by atoms with Gasteiger partial charge in [0.25, 0.3) is 0 Å². The minimum Gasteiger partial charge on any atom is -0.325 e. The first-order chi connectivity index (χ1) is 12.0. The Bertz CT molecular complexity index is 740. The number of amides is 1. The fourth-order valence-electron chi connectivity index (χ4n) is 2.92. The zero-order valence-electron chi connectivity index (χ0n) is 14.6. The zero-order valence-corrected chi connectivity index (χ0v) is 15.5. The lowest BCUT2D eigenvalue weighted by molar-refractivity contribution is -0.137. The van der Waals surface area contributed by atoms with Gasteiger partial charge in [0.2, 0.25) is 15.9 Å². The van der Waals surface area contributed by atoms with E-state index in [1.807, 2.05) is 0 Å². The molecule has 0 saturated heterocycles. The van der Waals surface area contributed by atoms with E-state index >= 15 is 0 Å². The number of carbonyl (C=O) groups excluding carboxylic acids is 1. The molecular weight excluding hydrogens is 369 g/mol.